The molecule has 1 amide bonds. The molecule has 1 aromatic carbocycles. The van der Waals surface area contributed by atoms with Gasteiger partial charge in [0.1, 0.15) is 17.3 Å². The van der Waals surface area contributed by atoms with Crippen molar-refractivity contribution in [2.75, 3.05) is 11.4 Å². The van der Waals surface area contributed by atoms with E-state index < -0.39 is 0 Å². The summed E-state index contributed by atoms with van der Waals surface area (Å²) in [6.45, 7) is 1.91. The molecule has 6 heteroatoms. The number of furan rings is 1. The number of thioether (sulfide) groups is 1. The SMILES string of the molecule is CC(=O)SC1CC(=O)N(c2c(C#N)oc3ccccc23)C1. The second kappa shape index (κ2) is 5.26. The number of carbonyl (C=O) groups excluding carboxylic acids is 2. The van der Waals surface area contributed by atoms with Crippen LogP contribution in [0.3, 0.4) is 0 Å². The van der Waals surface area contributed by atoms with Gasteiger partial charge in [0.2, 0.25) is 11.7 Å². The average Bonchev–Trinajstić information content (AvgIpc) is 2.97. The fourth-order valence-electron chi connectivity index (χ4n) is 2.58. The van der Waals surface area contributed by atoms with Gasteiger partial charge in [-0.25, -0.2) is 0 Å². The van der Waals surface area contributed by atoms with Crippen LogP contribution in [0.1, 0.15) is 19.1 Å². The van der Waals surface area contributed by atoms with Crippen molar-refractivity contribution < 1.29 is 14.0 Å². The largest absolute Gasteiger partial charge is 0.443 e. The second-order valence-corrected chi connectivity index (χ2v) is 6.30. The molecule has 2 aromatic rings. The summed E-state index contributed by atoms with van der Waals surface area (Å²) in [6.07, 6.45) is 0.300. The van der Waals surface area contributed by atoms with Crippen LogP contribution >= 0.6 is 11.8 Å². The van der Waals surface area contributed by atoms with Crippen LogP contribution < -0.4 is 4.90 Å². The lowest BCUT2D eigenvalue weighted by Gasteiger charge is -2.15. The number of benzene rings is 1. The normalized spacial score (nSPS) is 18.2. The summed E-state index contributed by atoms with van der Waals surface area (Å²) in [5.74, 6) is 0.0508. The lowest BCUT2D eigenvalue weighted by atomic mass is 10.2. The first-order valence-corrected chi connectivity index (χ1v) is 7.37. The smallest absolute Gasteiger partial charge is 0.228 e. The molecule has 1 fully saturated rings. The van der Waals surface area contributed by atoms with Crippen LogP contribution in [0.5, 0.6) is 0 Å². The monoisotopic (exact) mass is 300 g/mol. The predicted octanol–water partition coefficient (Wildman–Crippen LogP) is 2.69. The van der Waals surface area contributed by atoms with Crippen LogP contribution in [0.15, 0.2) is 28.7 Å². The Morgan fingerprint density at radius 1 is 1.48 bits per heavy atom. The van der Waals surface area contributed by atoms with Crippen LogP contribution in [0.2, 0.25) is 0 Å². The highest BCUT2D eigenvalue weighted by atomic mass is 32.2. The van der Waals surface area contributed by atoms with Crippen LogP contribution in [0.4, 0.5) is 5.69 Å². The van der Waals surface area contributed by atoms with Crippen LogP contribution in [0, 0.1) is 11.3 Å². The maximum atomic E-state index is 12.2. The first-order chi connectivity index (χ1) is 10.1. The zero-order chi connectivity index (χ0) is 15.0. The summed E-state index contributed by atoms with van der Waals surface area (Å²) < 4.78 is 5.50. The summed E-state index contributed by atoms with van der Waals surface area (Å²) in [4.78, 5) is 25.0. The van der Waals surface area contributed by atoms with Crippen molar-refractivity contribution in [3.05, 3.63) is 30.0 Å². The Bertz CT molecular complexity index is 775. The number of nitriles is 1. The molecule has 0 aliphatic carbocycles. The minimum Gasteiger partial charge on any atom is -0.443 e. The summed E-state index contributed by atoms with van der Waals surface area (Å²) in [5.41, 5.74) is 1.10. The van der Waals surface area contributed by atoms with E-state index in [4.69, 9.17) is 4.42 Å². The fraction of sp³-hybridized carbons (Fsp3) is 0.267. The third kappa shape index (κ3) is 2.41. The quantitative estimate of drug-likeness (QED) is 0.852. The summed E-state index contributed by atoms with van der Waals surface area (Å²) >= 11 is 1.17. The van der Waals surface area contributed by atoms with Gasteiger partial charge in [0.25, 0.3) is 0 Å². The zero-order valence-corrected chi connectivity index (χ0v) is 12.1. The zero-order valence-electron chi connectivity index (χ0n) is 11.3. The van der Waals surface area contributed by atoms with Gasteiger partial charge in [-0.15, -0.1) is 0 Å². The molecule has 5 nitrogen and oxygen atoms in total. The highest BCUT2D eigenvalue weighted by molar-refractivity contribution is 8.14. The molecule has 1 aromatic heterocycles. The predicted molar refractivity (Wildman–Crippen MR) is 80.0 cm³/mol. The van der Waals surface area contributed by atoms with Gasteiger partial charge >= 0.3 is 0 Å². The molecular weight excluding hydrogens is 288 g/mol. The third-order valence-corrected chi connectivity index (χ3v) is 4.34. The minimum absolute atomic E-state index is 0.00721. The molecule has 0 spiro atoms. The van der Waals surface area contributed by atoms with Gasteiger partial charge < -0.3 is 9.32 Å². The summed E-state index contributed by atoms with van der Waals surface area (Å²) in [6, 6.07) is 9.25. The Morgan fingerprint density at radius 3 is 2.95 bits per heavy atom. The minimum atomic E-state index is -0.0863. The summed E-state index contributed by atoms with van der Waals surface area (Å²) in [5, 5.41) is 9.90. The van der Waals surface area contributed by atoms with Crippen molar-refractivity contribution in [1.82, 2.24) is 0 Å². The van der Waals surface area contributed by atoms with Gasteiger partial charge in [0.15, 0.2) is 5.12 Å². The molecular formula is C15H12N2O3S. The van der Waals surface area contributed by atoms with E-state index in [9.17, 15) is 14.9 Å². The van der Waals surface area contributed by atoms with Crippen molar-refractivity contribution in [2.24, 2.45) is 0 Å². The molecule has 1 unspecified atom stereocenters. The van der Waals surface area contributed by atoms with Crippen LogP contribution in [0.25, 0.3) is 11.0 Å². The van der Waals surface area contributed by atoms with Crippen LogP contribution in [-0.4, -0.2) is 22.8 Å². The summed E-state index contributed by atoms with van der Waals surface area (Å²) in [7, 11) is 0. The number of hydrogen-bond acceptors (Lipinski definition) is 5. The molecule has 1 aliphatic rings. The topological polar surface area (TPSA) is 74.3 Å². The molecule has 3 rings (SSSR count). The van der Waals surface area contributed by atoms with Crippen molar-refractivity contribution in [3.8, 4) is 6.07 Å². The molecule has 0 N–H and O–H groups in total. The Kier molecular flexibility index (Phi) is 3.43. The first-order valence-electron chi connectivity index (χ1n) is 6.49. The molecule has 106 valence electrons. The number of para-hydroxylation sites is 1. The van der Waals surface area contributed by atoms with Crippen molar-refractivity contribution in [1.29, 1.82) is 5.26 Å². The number of amides is 1. The van der Waals surface area contributed by atoms with Gasteiger partial charge in [0, 0.05) is 30.5 Å². The standard InChI is InChI=1S/C15H12N2O3S/c1-9(18)21-10-6-14(19)17(8-10)15-11-4-2-3-5-12(11)20-13(15)7-16/h2-5,10H,6,8H2,1H3. The number of rotatable bonds is 2. The van der Waals surface area contributed by atoms with E-state index in [1.807, 2.05) is 24.3 Å². The van der Waals surface area contributed by atoms with E-state index in [0.717, 1.165) is 5.39 Å². The Hall–Kier alpha value is -2.26. The van der Waals surface area contributed by atoms with Gasteiger partial charge in [-0.05, 0) is 12.1 Å². The molecule has 2 heterocycles. The van der Waals surface area contributed by atoms with Crippen LogP contribution in [-0.2, 0) is 9.59 Å². The number of anilines is 1. The number of fused-ring (bicyclic) bond motifs is 1. The van der Waals surface area contributed by atoms with Gasteiger partial charge in [-0.1, -0.05) is 23.9 Å². The molecule has 0 bridgehead atoms. The second-order valence-electron chi connectivity index (χ2n) is 4.83. The first kappa shape index (κ1) is 13.7. The Balaban J connectivity index is 2.03. The number of nitrogens with zero attached hydrogens (tertiary/aromatic N) is 2. The maximum Gasteiger partial charge on any atom is 0.228 e. The highest BCUT2D eigenvalue weighted by Crippen LogP contribution is 2.37. The van der Waals surface area contributed by atoms with Crippen molar-refractivity contribution >= 4 is 39.4 Å². The van der Waals surface area contributed by atoms with E-state index in [0.29, 0.717) is 24.2 Å². The van der Waals surface area contributed by atoms with E-state index in [-0.39, 0.29) is 22.0 Å². The van der Waals surface area contributed by atoms with E-state index >= 15 is 0 Å². The van der Waals surface area contributed by atoms with E-state index in [1.54, 1.807) is 11.0 Å². The van der Waals surface area contributed by atoms with Crippen molar-refractivity contribution in [3.63, 3.8) is 0 Å². The average molecular weight is 300 g/mol. The van der Waals surface area contributed by atoms with Gasteiger partial charge in [-0.3, -0.25) is 9.59 Å². The lowest BCUT2D eigenvalue weighted by Crippen LogP contribution is -2.25. The Labute approximate surface area is 125 Å². The maximum absolute atomic E-state index is 12.2. The van der Waals surface area contributed by atoms with E-state index in [2.05, 4.69) is 0 Å². The number of hydrogen-bond donors (Lipinski definition) is 0. The molecule has 21 heavy (non-hydrogen) atoms. The lowest BCUT2D eigenvalue weighted by molar-refractivity contribution is -0.117. The fourth-order valence-corrected chi connectivity index (χ4v) is 3.50. The molecule has 1 aliphatic heterocycles. The third-order valence-electron chi connectivity index (χ3n) is 3.36. The van der Waals surface area contributed by atoms with Gasteiger partial charge in [0.05, 0.1) is 0 Å². The Morgan fingerprint density at radius 2 is 2.24 bits per heavy atom. The molecule has 1 atom stereocenters. The van der Waals surface area contributed by atoms with E-state index in [1.165, 1.54) is 18.7 Å². The highest BCUT2D eigenvalue weighted by Gasteiger charge is 2.35. The van der Waals surface area contributed by atoms with Gasteiger partial charge in [-0.2, -0.15) is 5.26 Å². The molecule has 0 saturated carbocycles. The van der Waals surface area contributed by atoms with Crippen molar-refractivity contribution in [2.45, 2.75) is 18.6 Å². The number of carbonyl (C=O) groups is 2. The molecule has 1 saturated heterocycles. The molecule has 0 radical (unpaired) electrons.